The lowest BCUT2D eigenvalue weighted by atomic mass is 10.4. The number of hydrogen-bond donors (Lipinski definition) is 2. The van der Waals surface area contributed by atoms with Crippen molar-refractivity contribution in [3.63, 3.8) is 0 Å². The molecule has 0 aliphatic heterocycles. The van der Waals surface area contributed by atoms with Crippen molar-refractivity contribution in [1.29, 1.82) is 0 Å². The van der Waals surface area contributed by atoms with Crippen molar-refractivity contribution in [1.82, 2.24) is 19.9 Å². The van der Waals surface area contributed by atoms with Crippen LogP contribution in [0.5, 0.6) is 6.01 Å². The molecule has 8 heteroatoms. The van der Waals surface area contributed by atoms with Gasteiger partial charge in [0.2, 0.25) is 17.8 Å². The number of hydrogen-bond acceptors (Lipinski definition) is 8. The maximum Gasteiger partial charge on any atom is 0.322 e. The summed E-state index contributed by atoms with van der Waals surface area (Å²) in [6.45, 7) is 6.85. The summed E-state index contributed by atoms with van der Waals surface area (Å²) in [5.74, 6) is 2.26. The molecule has 0 unspecified atom stereocenters. The molecule has 2 aromatic rings. The van der Waals surface area contributed by atoms with Crippen LogP contribution in [0.2, 0.25) is 0 Å². The van der Waals surface area contributed by atoms with E-state index in [1.165, 1.54) is 7.11 Å². The van der Waals surface area contributed by atoms with Crippen molar-refractivity contribution >= 4 is 11.9 Å². The van der Waals surface area contributed by atoms with Crippen LogP contribution in [-0.2, 0) is 6.54 Å². The summed E-state index contributed by atoms with van der Waals surface area (Å²) in [6.07, 6.45) is 0. The highest BCUT2D eigenvalue weighted by molar-refractivity contribution is 5.35. The third-order valence-corrected chi connectivity index (χ3v) is 2.60. The third kappa shape index (κ3) is 3.34. The molecule has 0 atom stereocenters. The van der Waals surface area contributed by atoms with Crippen LogP contribution in [0.4, 0.5) is 11.9 Å². The predicted molar refractivity (Wildman–Crippen MR) is 73.8 cm³/mol. The van der Waals surface area contributed by atoms with Gasteiger partial charge < -0.3 is 19.8 Å². The Hall–Kier alpha value is -2.38. The van der Waals surface area contributed by atoms with Crippen LogP contribution in [-0.4, -0.2) is 33.6 Å². The first-order valence-electron chi connectivity index (χ1n) is 6.33. The first-order valence-corrected chi connectivity index (χ1v) is 6.33. The fourth-order valence-electron chi connectivity index (χ4n) is 1.53. The SMILES string of the molecule is CCNc1nc(NCc2nc(C)c(C)o2)nc(OC)n1. The lowest BCUT2D eigenvalue weighted by molar-refractivity contribution is 0.379. The first kappa shape index (κ1) is 14.0. The Morgan fingerprint density at radius 2 is 1.75 bits per heavy atom. The van der Waals surface area contributed by atoms with Gasteiger partial charge in [0.15, 0.2) is 0 Å². The van der Waals surface area contributed by atoms with Crippen molar-refractivity contribution < 1.29 is 9.15 Å². The van der Waals surface area contributed by atoms with Gasteiger partial charge in [-0.05, 0) is 20.8 Å². The number of methoxy groups -OCH3 is 1. The average molecular weight is 278 g/mol. The topological polar surface area (TPSA) is 98.0 Å². The van der Waals surface area contributed by atoms with Gasteiger partial charge in [0.1, 0.15) is 5.76 Å². The van der Waals surface area contributed by atoms with E-state index in [2.05, 4.69) is 30.6 Å². The second-order valence-corrected chi connectivity index (χ2v) is 4.10. The van der Waals surface area contributed by atoms with Crippen LogP contribution >= 0.6 is 0 Å². The maximum absolute atomic E-state index is 5.48. The summed E-state index contributed by atoms with van der Waals surface area (Å²) < 4.78 is 10.5. The molecule has 0 aromatic carbocycles. The Morgan fingerprint density at radius 1 is 1.05 bits per heavy atom. The second-order valence-electron chi connectivity index (χ2n) is 4.10. The molecule has 0 aliphatic carbocycles. The highest BCUT2D eigenvalue weighted by atomic mass is 16.5. The van der Waals surface area contributed by atoms with Gasteiger partial charge in [-0.1, -0.05) is 0 Å². The Labute approximate surface area is 117 Å². The van der Waals surface area contributed by atoms with Crippen LogP contribution in [0.15, 0.2) is 4.42 Å². The van der Waals surface area contributed by atoms with Gasteiger partial charge >= 0.3 is 6.01 Å². The number of ether oxygens (including phenoxy) is 1. The van der Waals surface area contributed by atoms with E-state index in [4.69, 9.17) is 9.15 Å². The molecule has 0 bridgehead atoms. The highest BCUT2D eigenvalue weighted by Gasteiger charge is 2.09. The molecule has 0 spiro atoms. The number of oxazole rings is 1. The van der Waals surface area contributed by atoms with Crippen molar-refractivity contribution in [3.05, 3.63) is 17.3 Å². The molecular weight excluding hydrogens is 260 g/mol. The molecular formula is C12H18N6O2. The van der Waals surface area contributed by atoms with Gasteiger partial charge in [-0.3, -0.25) is 0 Å². The summed E-state index contributed by atoms with van der Waals surface area (Å²) >= 11 is 0. The molecule has 0 saturated heterocycles. The Kier molecular flexibility index (Phi) is 4.34. The lowest BCUT2D eigenvalue weighted by Gasteiger charge is -2.07. The Morgan fingerprint density at radius 3 is 2.30 bits per heavy atom. The predicted octanol–water partition coefficient (Wildman–Crippen LogP) is 1.53. The summed E-state index contributed by atoms with van der Waals surface area (Å²) in [5.41, 5.74) is 0.878. The minimum atomic E-state index is 0.248. The molecule has 0 aliphatic rings. The summed E-state index contributed by atoms with van der Waals surface area (Å²) in [4.78, 5) is 16.7. The quantitative estimate of drug-likeness (QED) is 0.821. The molecule has 0 radical (unpaired) electrons. The molecule has 2 rings (SSSR count). The van der Waals surface area contributed by atoms with Crippen molar-refractivity contribution in [3.8, 4) is 6.01 Å². The van der Waals surface area contributed by atoms with E-state index in [9.17, 15) is 0 Å². The molecule has 0 amide bonds. The number of nitrogens with one attached hydrogen (secondary N) is 2. The molecule has 0 fully saturated rings. The second kappa shape index (κ2) is 6.18. The number of nitrogens with zero attached hydrogens (tertiary/aromatic N) is 4. The molecule has 0 saturated carbocycles. The molecule has 2 heterocycles. The van der Waals surface area contributed by atoms with Gasteiger partial charge in [0.25, 0.3) is 0 Å². The maximum atomic E-state index is 5.48. The van der Waals surface area contributed by atoms with Crippen molar-refractivity contribution in [2.45, 2.75) is 27.3 Å². The van der Waals surface area contributed by atoms with Crippen LogP contribution < -0.4 is 15.4 Å². The van der Waals surface area contributed by atoms with Gasteiger partial charge in [-0.15, -0.1) is 0 Å². The van der Waals surface area contributed by atoms with Gasteiger partial charge in [0, 0.05) is 6.54 Å². The zero-order chi connectivity index (χ0) is 14.5. The van der Waals surface area contributed by atoms with Gasteiger partial charge in [-0.25, -0.2) is 4.98 Å². The van der Waals surface area contributed by atoms with Crippen LogP contribution in [0.1, 0.15) is 24.3 Å². The minimum absolute atomic E-state index is 0.248. The highest BCUT2D eigenvalue weighted by Crippen LogP contribution is 2.13. The smallest absolute Gasteiger partial charge is 0.322 e. The molecule has 108 valence electrons. The summed E-state index contributed by atoms with van der Waals surface area (Å²) in [5, 5.41) is 6.05. The van der Waals surface area contributed by atoms with E-state index in [1.807, 2.05) is 20.8 Å². The Bertz CT molecular complexity index is 564. The molecule has 2 aromatic heterocycles. The van der Waals surface area contributed by atoms with Crippen molar-refractivity contribution in [2.24, 2.45) is 0 Å². The van der Waals surface area contributed by atoms with E-state index in [1.54, 1.807) is 0 Å². The normalized spacial score (nSPS) is 10.4. The number of aromatic nitrogens is 4. The average Bonchev–Trinajstić information content (AvgIpc) is 2.76. The zero-order valence-corrected chi connectivity index (χ0v) is 12.0. The minimum Gasteiger partial charge on any atom is -0.467 e. The molecule has 8 nitrogen and oxygen atoms in total. The van der Waals surface area contributed by atoms with Crippen LogP contribution in [0, 0.1) is 13.8 Å². The zero-order valence-electron chi connectivity index (χ0n) is 12.0. The van der Waals surface area contributed by atoms with E-state index in [0.717, 1.165) is 11.5 Å². The standard InChI is InChI=1S/C12H18N6O2/c1-5-13-10-16-11(18-12(17-10)19-4)14-6-9-15-7(2)8(3)20-9/h5-6H2,1-4H3,(H2,13,14,16,17,18). The lowest BCUT2D eigenvalue weighted by Crippen LogP contribution is -2.10. The fraction of sp³-hybridized carbons (Fsp3) is 0.500. The van der Waals surface area contributed by atoms with E-state index in [-0.39, 0.29) is 6.01 Å². The van der Waals surface area contributed by atoms with Crippen LogP contribution in [0.3, 0.4) is 0 Å². The number of anilines is 2. The number of rotatable bonds is 6. The molecule has 20 heavy (non-hydrogen) atoms. The van der Waals surface area contributed by atoms with Gasteiger partial charge in [0.05, 0.1) is 19.3 Å². The van der Waals surface area contributed by atoms with Crippen molar-refractivity contribution in [2.75, 3.05) is 24.3 Å². The van der Waals surface area contributed by atoms with Gasteiger partial charge in [-0.2, -0.15) is 15.0 Å². The van der Waals surface area contributed by atoms with Crippen LogP contribution in [0.25, 0.3) is 0 Å². The van der Waals surface area contributed by atoms with E-state index < -0.39 is 0 Å². The first-order chi connectivity index (χ1) is 9.62. The Balaban J connectivity index is 2.09. The van der Waals surface area contributed by atoms with E-state index >= 15 is 0 Å². The number of aryl methyl sites for hydroxylation is 2. The third-order valence-electron chi connectivity index (χ3n) is 2.60. The largest absolute Gasteiger partial charge is 0.467 e. The summed E-state index contributed by atoms with van der Waals surface area (Å²) in [7, 11) is 1.51. The monoisotopic (exact) mass is 278 g/mol. The fourth-order valence-corrected chi connectivity index (χ4v) is 1.53. The van der Waals surface area contributed by atoms with E-state index in [0.29, 0.717) is 30.9 Å². The summed E-state index contributed by atoms with van der Waals surface area (Å²) in [6, 6.07) is 0.248. The molecule has 2 N–H and O–H groups in total.